The number of anilines is 1. The highest BCUT2D eigenvalue weighted by atomic mass is 19.1. The summed E-state index contributed by atoms with van der Waals surface area (Å²) in [6, 6.07) is 21.6. The van der Waals surface area contributed by atoms with Crippen molar-refractivity contribution >= 4 is 11.7 Å². The molecule has 0 unspecified atom stereocenters. The number of carbonyl (C=O) groups is 1. The van der Waals surface area contributed by atoms with Gasteiger partial charge >= 0.3 is 5.97 Å². The molecule has 0 saturated heterocycles. The van der Waals surface area contributed by atoms with Crippen molar-refractivity contribution in [3.63, 3.8) is 0 Å². The first-order valence-electron chi connectivity index (χ1n) is 12.0. The average molecular weight is 448 g/mol. The maximum atomic E-state index is 13.9. The Morgan fingerprint density at radius 3 is 2.03 bits per heavy atom. The highest BCUT2D eigenvalue weighted by Gasteiger charge is 2.15. The van der Waals surface area contributed by atoms with E-state index in [-0.39, 0.29) is 5.56 Å². The second-order valence-electron chi connectivity index (χ2n) is 8.60. The van der Waals surface area contributed by atoms with Crippen molar-refractivity contribution in [2.45, 2.75) is 58.9 Å². The van der Waals surface area contributed by atoms with E-state index in [4.69, 9.17) is 0 Å². The number of carboxylic acid groups (broad SMARTS) is 1. The predicted octanol–water partition coefficient (Wildman–Crippen LogP) is 7.73. The molecule has 3 aromatic rings. The molecular formula is C29H34FNO2. The van der Waals surface area contributed by atoms with Crippen molar-refractivity contribution in [3.8, 4) is 11.1 Å². The van der Waals surface area contributed by atoms with E-state index < -0.39 is 11.8 Å². The first-order chi connectivity index (χ1) is 16.0. The number of carboxylic acids is 1. The largest absolute Gasteiger partial charge is 0.478 e. The Hall–Kier alpha value is -3.14. The smallest absolute Gasteiger partial charge is 0.338 e. The average Bonchev–Trinajstić information content (AvgIpc) is 2.82. The van der Waals surface area contributed by atoms with Gasteiger partial charge in [-0.15, -0.1) is 0 Å². The van der Waals surface area contributed by atoms with Gasteiger partial charge < -0.3 is 10.0 Å². The van der Waals surface area contributed by atoms with E-state index in [1.807, 2.05) is 0 Å². The van der Waals surface area contributed by atoms with Gasteiger partial charge in [0.2, 0.25) is 0 Å². The lowest BCUT2D eigenvalue weighted by atomic mass is 10.0. The molecule has 3 rings (SSSR count). The zero-order valence-electron chi connectivity index (χ0n) is 19.7. The summed E-state index contributed by atoms with van der Waals surface area (Å²) >= 11 is 0. The van der Waals surface area contributed by atoms with Crippen molar-refractivity contribution < 1.29 is 14.3 Å². The number of benzene rings is 3. The summed E-state index contributed by atoms with van der Waals surface area (Å²) in [4.78, 5) is 13.6. The molecule has 3 nitrogen and oxygen atoms in total. The zero-order valence-corrected chi connectivity index (χ0v) is 19.7. The lowest BCUT2D eigenvalue weighted by Gasteiger charge is -2.26. The molecule has 0 aliphatic carbocycles. The number of nitrogens with zero attached hydrogens (tertiary/aromatic N) is 1. The van der Waals surface area contributed by atoms with Crippen LogP contribution in [-0.4, -0.2) is 17.6 Å². The van der Waals surface area contributed by atoms with Gasteiger partial charge in [0.05, 0.1) is 5.56 Å². The molecule has 174 valence electrons. The van der Waals surface area contributed by atoms with E-state index >= 15 is 0 Å². The topological polar surface area (TPSA) is 40.5 Å². The van der Waals surface area contributed by atoms with Crippen LogP contribution in [0.15, 0.2) is 66.7 Å². The van der Waals surface area contributed by atoms with Gasteiger partial charge in [0, 0.05) is 18.8 Å². The summed E-state index contributed by atoms with van der Waals surface area (Å²) in [7, 11) is 0. The van der Waals surface area contributed by atoms with Gasteiger partial charge in [-0.3, -0.25) is 0 Å². The minimum atomic E-state index is -1.24. The highest BCUT2D eigenvalue weighted by molar-refractivity contribution is 5.89. The minimum Gasteiger partial charge on any atom is -0.478 e. The zero-order chi connectivity index (χ0) is 23.6. The van der Waals surface area contributed by atoms with E-state index in [1.54, 1.807) is 6.07 Å². The Bertz CT molecular complexity index is 1030. The standard InChI is InChI=1S/C29H34FNO2/c1-3-5-6-7-19-31(26-17-18-28(30)27(20-26)29(32)33)21-23-11-15-25(16-12-23)24-13-9-22(8-4-2)10-14-24/h9-18,20H,3-8,19,21H2,1-2H3,(H,32,33). The molecule has 0 spiro atoms. The second kappa shape index (κ2) is 12.2. The molecule has 0 aliphatic rings. The summed E-state index contributed by atoms with van der Waals surface area (Å²) in [5.74, 6) is -1.94. The maximum Gasteiger partial charge on any atom is 0.338 e. The maximum absolute atomic E-state index is 13.9. The fourth-order valence-electron chi connectivity index (χ4n) is 4.08. The third kappa shape index (κ3) is 6.92. The highest BCUT2D eigenvalue weighted by Crippen LogP contribution is 2.25. The molecule has 1 N–H and O–H groups in total. The van der Waals surface area contributed by atoms with Crippen molar-refractivity contribution in [1.82, 2.24) is 0 Å². The SMILES string of the molecule is CCCCCCN(Cc1ccc(-c2ccc(CCC)cc2)cc1)c1ccc(F)c(C(=O)O)c1. The van der Waals surface area contributed by atoms with Gasteiger partial charge in [-0.2, -0.15) is 0 Å². The lowest BCUT2D eigenvalue weighted by Crippen LogP contribution is -2.24. The van der Waals surface area contributed by atoms with Gasteiger partial charge in [0.15, 0.2) is 0 Å². The Kier molecular flexibility index (Phi) is 9.05. The van der Waals surface area contributed by atoms with Crippen LogP contribution >= 0.6 is 0 Å². The van der Waals surface area contributed by atoms with Crippen molar-refractivity contribution in [2.75, 3.05) is 11.4 Å². The number of unbranched alkanes of at least 4 members (excludes halogenated alkanes) is 3. The Morgan fingerprint density at radius 2 is 1.45 bits per heavy atom. The molecule has 0 fully saturated rings. The summed E-state index contributed by atoms with van der Waals surface area (Å²) in [5, 5.41) is 9.33. The van der Waals surface area contributed by atoms with E-state index in [9.17, 15) is 14.3 Å². The van der Waals surface area contributed by atoms with Crippen LogP contribution in [0.3, 0.4) is 0 Å². The number of rotatable bonds is 12. The number of aromatic carboxylic acids is 1. The monoisotopic (exact) mass is 447 g/mol. The van der Waals surface area contributed by atoms with Crippen LogP contribution in [-0.2, 0) is 13.0 Å². The summed E-state index contributed by atoms with van der Waals surface area (Å²) in [5.41, 5.74) is 5.32. The third-order valence-electron chi connectivity index (χ3n) is 5.98. The van der Waals surface area contributed by atoms with Crippen LogP contribution in [0.25, 0.3) is 11.1 Å². The van der Waals surface area contributed by atoms with Crippen molar-refractivity contribution in [2.24, 2.45) is 0 Å². The van der Waals surface area contributed by atoms with Gasteiger partial charge in [0.1, 0.15) is 5.82 Å². The molecular weight excluding hydrogens is 413 g/mol. The minimum absolute atomic E-state index is 0.284. The number of hydrogen-bond donors (Lipinski definition) is 1. The van der Waals surface area contributed by atoms with Crippen LogP contribution in [0.2, 0.25) is 0 Å². The summed E-state index contributed by atoms with van der Waals surface area (Å²) in [6.45, 7) is 5.81. The number of halogens is 1. The molecule has 0 aromatic heterocycles. The predicted molar refractivity (Wildman–Crippen MR) is 134 cm³/mol. The Labute approximate surface area is 196 Å². The molecule has 3 aromatic carbocycles. The van der Waals surface area contributed by atoms with E-state index in [0.29, 0.717) is 6.54 Å². The van der Waals surface area contributed by atoms with Gasteiger partial charge in [-0.05, 0) is 53.3 Å². The van der Waals surface area contributed by atoms with Gasteiger partial charge in [-0.1, -0.05) is 88.1 Å². The fourth-order valence-corrected chi connectivity index (χ4v) is 4.08. The molecule has 0 amide bonds. The number of hydrogen-bond acceptors (Lipinski definition) is 2. The Balaban J connectivity index is 1.77. The molecule has 0 radical (unpaired) electrons. The molecule has 0 heterocycles. The molecule has 4 heteroatoms. The third-order valence-corrected chi connectivity index (χ3v) is 5.98. The van der Waals surface area contributed by atoms with Crippen LogP contribution < -0.4 is 4.90 Å². The van der Waals surface area contributed by atoms with Crippen LogP contribution in [0.4, 0.5) is 10.1 Å². The first kappa shape index (κ1) is 24.5. The molecule has 33 heavy (non-hydrogen) atoms. The first-order valence-corrected chi connectivity index (χ1v) is 12.0. The molecule has 0 bridgehead atoms. The van der Waals surface area contributed by atoms with E-state index in [1.165, 1.54) is 35.2 Å². The van der Waals surface area contributed by atoms with Crippen LogP contribution in [0.1, 0.15) is 67.4 Å². The van der Waals surface area contributed by atoms with E-state index in [0.717, 1.165) is 49.9 Å². The van der Waals surface area contributed by atoms with Crippen molar-refractivity contribution in [3.05, 3.63) is 89.2 Å². The summed E-state index contributed by atoms with van der Waals surface area (Å²) in [6.07, 6.45) is 6.69. The normalized spacial score (nSPS) is 10.9. The van der Waals surface area contributed by atoms with Gasteiger partial charge in [-0.25, -0.2) is 9.18 Å². The Morgan fingerprint density at radius 1 is 0.818 bits per heavy atom. The summed E-state index contributed by atoms with van der Waals surface area (Å²) < 4.78 is 13.9. The molecule has 0 saturated carbocycles. The lowest BCUT2D eigenvalue weighted by molar-refractivity contribution is 0.0692. The molecule has 0 atom stereocenters. The van der Waals surface area contributed by atoms with Crippen LogP contribution in [0.5, 0.6) is 0 Å². The van der Waals surface area contributed by atoms with E-state index in [2.05, 4.69) is 67.3 Å². The second-order valence-corrected chi connectivity index (χ2v) is 8.60. The van der Waals surface area contributed by atoms with Gasteiger partial charge in [0.25, 0.3) is 0 Å². The molecule has 0 aliphatic heterocycles. The fraction of sp³-hybridized carbons (Fsp3) is 0.345. The van der Waals surface area contributed by atoms with Crippen LogP contribution in [0, 0.1) is 5.82 Å². The quantitative estimate of drug-likeness (QED) is 0.289. The number of aryl methyl sites for hydroxylation is 1. The van der Waals surface area contributed by atoms with Crippen molar-refractivity contribution in [1.29, 1.82) is 0 Å².